The van der Waals surface area contributed by atoms with E-state index in [0.717, 1.165) is 17.5 Å². The van der Waals surface area contributed by atoms with E-state index in [9.17, 15) is 0 Å². The van der Waals surface area contributed by atoms with Gasteiger partial charge in [-0.25, -0.2) is 0 Å². The highest BCUT2D eigenvalue weighted by Gasteiger charge is 2.20. The fourth-order valence-corrected chi connectivity index (χ4v) is 4.57. The van der Waals surface area contributed by atoms with Crippen LogP contribution < -0.4 is 0 Å². The third kappa shape index (κ3) is 6.19. The van der Waals surface area contributed by atoms with E-state index < -0.39 is 0 Å². The van der Waals surface area contributed by atoms with Crippen molar-refractivity contribution < 1.29 is 0 Å². The van der Waals surface area contributed by atoms with Gasteiger partial charge in [-0.1, -0.05) is 82.7 Å². The molecule has 1 aliphatic rings. The zero-order chi connectivity index (χ0) is 18.9. The summed E-state index contributed by atoms with van der Waals surface area (Å²) in [6, 6.07) is 13.5. The van der Waals surface area contributed by atoms with E-state index in [1.54, 1.807) is 0 Å². The molecule has 1 nitrogen and oxygen atoms in total. The average Bonchev–Trinajstić information content (AvgIpc) is 2.73. The van der Waals surface area contributed by atoms with Gasteiger partial charge in [-0.2, -0.15) is 0 Å². The highest BCUT2D eigenvalue weighted by Crippen LogP contribution is 2.33. The van der Waals surface area contributed by atoms with E-state index in [0.29, 0.717) is 0 Å². The number of unbranched alkanes of at least 4 members (excludes halogenated alkanes) is 2. The number of benzene rings is 1. The molecule has 0 radical (unpaired) electrons. The number of aryl methyl sites for hydroxylation is 2. The van der Waals surface area contributed by atoms with Crippen LogP contribution >= 0.6 is 0 Å². The van der Waals surface area contributed by atoms with Crippen LogP contribution in [-0.2, 0) is 12.8 Å². The van der Waals surface area contributed by atoms with Gasteiger partial charge < -0.3 is 0 Å². The normalized spacial score (nSPS) is 19.9. The smallest absolute Gasteiger partial charge is 0.0702 e. The Morgan fingerprint density at radius 2 is 1.63 bits per heavy atom. The molecule has 2 atom stereocenters. The molecule has 0 saturated heterocycles. The number of pyridine rings is 1. The van der Waals surface area contributed by atoms with Crippen LogP contribution in [0.5, 0.6) is 0 Å². The summed E-state index contributed by atoms with van der Waals surface area (Å²) in [5.74, 6) is 1.91. The van der Waals surface area contributed by atoms with E-state index in [-0.39, 0.29) is 0 Å². The Kier molecular flexibility index (Phi) is 7.93. The Morgan fingerprint density at radius 3 is 2.33 bits per heavy atom. The summed E-state index contributed by atoms with van der Waals surface area (Å²) >= 11 is 0. The predicted molar refractivity (Wildman–Crippen MR) is 117 cm³/mol. The molecule has 146 valence electrons. The van der Waals surface area contributed by atoms with Crippen molar-refractivity contribution in [1.82, 2.24) is 4.98 Å². The van der Waals surface area contributed by atoms with Crippen molar-refractivity contribution in [3.63, 3.8) is 0 Å². The number of hydrogen-bond donors (Lipinski definition) is 0. The van der Waals surface area contributed by atoms with Crippen molar-refractivity contribution in [2.24, 2.45) is 11.8 Å². The molecular formula is C26H37N. The molecule has 0 amide bonds. The lowest BCUT2D eigenvalue weighted by atomic mass is 9.78. The summed E-state index contributed by atoms with van der Waals surface area (Å²) in [5, 5.41) is 0. The van der Waals surface area contributed by atoms with E-state index in [1.807, 2.05) is 0 Å². The van der Waals surface area contributed by atoms with Gasteiger partial charge in [0.15, 0.2) is 0 Å². The van der Waals surface area contributed by atoms with Gasteiger partial charge in [-0.15, -0.1) is 0 Å². The van der Waals surface area contributed by atoms with E-state index in [1.165, 1.54) is 87.3 Å². The van der Waals surface area contributed by atoms with Crippen LogP contribution in [0.15, 0.2) is 42.6 Å². The Bertz CT molecular complexity index is 656. The summed E-state index contributed by atoms with van der Waals surface area (Å²) in [6.07, 6.45) is 16.9. The lowest BCUT2D eigenvalue weighted by molar-refractivity contribution is 0.250. The van der Waals surface area contributed by atoms with Crippen LogP contribution in [0.3, 0.4) is 0 Å². The molecule has 0 N–H and O–H groups in total. The standard InChI is InChI=1S/C26H37N/c1-3-5-6-8-22-13-16-25(17-14-22)26-18-15-24(20-27-26)12-11-23-10-7-9-21(4-2)19-23/h13-18,20-21,23H,3-12,19H2,1-2H3. The molecule has 1 saturated carbocycles. The van der Waals surface area contributed by atoms with Gasteiger partial charge in [0.2, 0.25) is 0 Å². The van der Waals surface area contributed by atoms with Crippen molar-refractivity contribution in [2.75, 3.05) is 0 Å². The Labute approximate surface area is 166 Å². The van der Waals surface area contributed by atoms with Crippen molar-refractivity contribution in [1.29, 1.82) is 0 Å². The summed E-state index contributed by atoms with van der Waals surface area (Å²) in [6.45, 7) is 4.61. The van der Waals surface area contributed by atoms with Crippen LogP contribution in [0, 0.1) is 11.8 Å². The van der Waals surface area contributed by atoms with E-state index in [4.69, 9.17) is 4.98 Å². The molecule has 2 aromatic rings. The molecule has 27 heavy (non-hydrogen) atoms. The van der Waals surface area contributed by atoms with Crippen LogP contribution in [0.1, 0.15) is 82.8 Å². The van der Waals surface area contributed by atoms with Gasteiger partial charge in [-0.05, 0) is 61.1 Å². The molecule has 2 unspecified atom stereocenters. The second-order valence-corrected chi connectivity index (χ2v) is 8.55. The molecule has 1 fully saturated rings. The highest BCUT2D eigenvalue weighted by molar-refractivity contribution is 5.59. The van der Waals surface area contributed by atoms with Gasteiger partial charge in [0, 0.05) is 11.8 Å². The van der Waals surface area contributed by atoms with Gasteiger partial charge in [0.05, 0.1) is 5.69 Å². The molecular weight excluding hydrogens is 326 g/mol. The molecule has 1 aliphatic carbocycles. The third-order valence-corrected chi connectivity index (χ3v) is 6.45. The zero-order valence-corrected chi connectivity index (χ0v) is 17.4. The maximum absolute atomic E-state index is 4.75. The molecule has 1 aromatic carbocycles. The monoisotopic (exact) mass is 363 g/mol. The number of nitrogens with zero attached hydrogens (tertiary/aromatic N) is 1. The quantitative estimate of drug-likeness (QED) is 0.417. The SMILES string of the molecule is CCCCCc1ccc(-c2ccc(CCC3CCCC(CC)C3)cn2)cc1. The zero-order valence-electron chi connectivity index (χ0n) is 17.4. The van der Waals surface area contributed by atoms with Crippen molar-refractivity contribution in [3.05, 3.63) is 53.7 Å². The topological polar surface area (TPSA) is 12.9 Å². The molecule has 1 aromatic heterocycles. The van der Waals surface area contributed by atoms with Gasteiger partial charge >= 0.3 is 0 Å². The fourth-order valence-electron chi connectivity index (χ4n) is 4.57. The minimum Gasteiger partial charge on any atom is -0.256 e. The summed E-state index contributed by atoms with van der Waals surface area (Å²) in [4.78, 5) is 4.75. The fraction of sp³-hybridized carbons (Fsp3) is 0.577. The van der Waals surface area contributed by atoms with Gasteiger partial charge in [0.25, 0.3) is 0 Å². The van der Waals surface area contributed by atoms with Crippen molar-refractivity contribution in [3.8, 4) is 11.3 Å². The third-order valence-electron chi connectivity index (χ3n) is 6.45. The summed E-state index contributed by atoms with van der Waals surface area (Å²) in [5.41, 5.74) is 5.18. The molecule has 0 spiro atoms. The van der Waals surface area contributed by atoms with E-state index in [2.05, 4.69) is 56.4 Å². The van der Waals surface area contributed by atoms with Crippen LogP contribution in [0.25, 0.3) is 11.3 Å². The summed E-state index contributed by atoms with van der Waals surface area (Å²) in [7, 11) is 0. The maximum Gasteiger partial charge on any atom is 0.0702 e. The largest absolute Gasteiger partial charge is 0.256 e. The van der Waals surface area contributed by atoms with Crippen molar-refractivity contribution in [2.45, 2.75) is 84.5 Å². The number of hydrogen-bond acceptors (Lipinski definition) is 1. The predicted octanol–water partition coefficient (Wildman–Crippen LogP) is 7.63. The lowest BCUT2D eigenvalue weighted by Crippen LogP contribution is -2.15. The minimum atomic E-state index is 0.934. The maximum atomic E-state index is 4.75. The first-order valence-electron chi connectivity index (χ1n) is 11.3. The van der Waals surface area contributed by atoms with Gasteiger partial charge in [-0.3, -0.25) is 4.98 Å². The Balaban J connectivity index is 1.51. The van der Waals surface area contributed by atoms with Crippen LogP contribution in [0.2, 0.25) is 0 Å². The number of rotatable bonds is 9. The van der Waals surface area contributed by atoms with Crippen LogP contribution in [0.4, 0.5) is 0 Å². The van der Waals surface area contributed by atoms with Gasteiger partial charge in [0.1, 0.15) is 0 Å². The lowest BCUT2D eigenvalue weighted by Gasteiger charge is -2.28. The highest BCUT2D eigenvalue weighted by atomic mass is 14.7. The Hall–Kier alpha value is -1.63. The van der Waals surface area contributed by atoms with Crippen LogP contribution in [-0.4, -0.2) is 4.98 Å². The van der Waals surface area contributed by atoms with Crippen molar-refractivity contribution >= 4 is 0 Å². The first-order valence-corrected chi connectivity index (χ1v) is 11.3. The molecule has 1 heterocycles. The molecule has 0 bridgehead atoms. The Morgan fingerprint density at radius 1 is 0.852 bits per heavy atom. The summed E-state index contributed by atoms with van der Waals surface area (Å²) < 4.78 is 0. The second-order valence-electron chi connectivity index (χ2n) is 8.55. The second kappa shape index (κ2) is 10.6. The first kappa shape index (κ1) is 20.1. The molecule has 3 rings (SSSR count). The first-order chi connectivity index (χ1) is 13.3. The van der Waals surface area contributed by atoms with E-state index >= 15 is 0 Å². The molecule has 0 aliphatic heterocycles. The average molecular weight is 364 g/mol. The number of aromatic nitrogens is 1. The minimum absolute atomic E-state index is 0.934. The molecule has 1 heteroatoms.